The zero-order chi connectivity index (χ0) is 22.1. The van der Waals surface area contributed by atoms with Crippen LogP contribution in [0.4, 0.5) is 10.1 Å². The van der Waals surface area contributed by atoms with Crippen molar-refractivity contribution in [3.8, 4) is 6.07 Å². The fraction of sp³-hybridized carbons (Fsp3) is 0.680. The first-order valence-corrected chi connectivity index (χ1v) is 12.1. The highest BCUT2D eigenvalue weighted by Gasteiger charge is 2.45. The summed E-state index contributed by atoms with van der Waals surface area (Å²) in [4.78, 5) is 17.7. The van der Waals surface area contributed by atoms with Crippen LogP contribution in [0.5, 0.6) is 0 Å². The van der Waals surface area contributed by atoms with E-state index in [0.717, 1.165) is 77.3 Å². The molecule has 1 N–H and O–H groups in total. The van der Waals surface area contributed by atoms with Crippen molar-refractivity contribution in [1.29, 1.82) is 5.26 Å². The molecule has 1 aromatic carbocycles. The van der Waals surface area contributed by atoms with Gasteiger partial charge in [-0.25, -0.2) is 4.39 Å². The van der Waals surface area contributed by atoms with E-state index < -0.39 is 11.5 Å². The zero-order valence-corrected chi connectivity index (χ0v) is 18.7. The summed E-state index contributed by atoms with van der Waals surface area (Å²) in [6.45, 7) is 6.23. The van der Waals surface area contributed by atoms with Gasteiger partial charge >= 0.3 is 0 Å². The minimum Gasteiger partial charge on any atom is -0.378 e. The number of fused-ring (bicyclic) bond motifs is 3. The van der Waals surface area contributed by atoms with Crippen molar-refractivity contribution in [2.75, 3.05) is 50.8 Å². The van der Waals surface area contributed by atoms with Crippen LogP contribution in [0.15, 0.2) is 18.2 Å². The monoisotopic (exact) mass is 440 g/mol. The van der Waals surface area contributed by atoms with Gasteiger partial charge in [0.25, 0.3) is 0 Å². The topological polar surface area (TPSA) is 68.6 Å². The summed E-state index contributed by atoms with van der Waals surface area (Å²) in [5, 5.41) is 13.1. The Labute approximate surface area is 189 Å². The summed E-state index contributed by atoms with van der Waals surface area (Å²) in [6, 6.07) is 8.16. The number of hydrogen-bond acceptors (Lipinski definition) is 6. The number of carbonyl (C=O) groups excluding carboxylic acids is 1. The highest BCUT2D eigenvalue weighted by Crippen LogP contribution is 2.38. The Bertz CT molecular complexity index is 867. The Kier molecular flexibility index (Phi) is 6.20. The van der Waals surface area contributed by atoms with E-state index in [0.29, 0.717) is 17.5 Å². The van der Waals surface area contributed by atoms with Crippen molar-refractivity contribution in [3.63, 3.8) is 0 Å². The number of nitriles is 1. The van der Waals surface area contributed by atoms with Crippen molar-refractivity contribution in [1.82, 2.24) is 10.2 Å². The maximum Gasteiger partial charge on any atom is 0.154 e. The molecule has 32 heavy (non-hydrogen) atoms. The van der Waals surface area contributed by atoms with E-state index in [1.807, 2.05) is 6.07 Å². The quantitative estimate of drug-likeness (QED) is 0.703. The predicted octanol–water partition coefficient (Wildman–Crippen LogP) is 2.52. The normalized spacial score (nSPS) is 29.4. The fourth-order valence-corrected chi connectivity index (χ4v) is 5.79. The first-order chi connectivity index (χ1) is 15.6. The number of anilines is 1. The lowest BCUT2D eigenvalue weighted by molar-refractivity contribution is -0.129. The molecule has 0 aromatic heterocycles. The highest BCUT2D eigenvalue weighted by atomic mass is 19.1. The van der Waals surface area contributed by atoms with Crippen LogP contribution in [0.2, 0.25) is 0 Å². The van der Waals surface area contributed by atoms with Crippen LogP contribution in [-0.2, 0) is 16.0 Å². The number of piperazine rings is 1. The van der Waals surface area contributed by atoms with Gasteiger partial charge in [-0.05, 0) is 62.3 Å². The van der Waals surface area contributed by atoms with Gasteiger partial charge in [0.05, 0.1) is 36.8 Å². The number of halogens is 1. The average molecular weight is 441 g/mol. The Morgan fingerprint density at radius 3 is 2.56 bits per heavy atom. The summed E-state index contributed by atoms with van der Waals surface area (Å²) in [6.07, 6.45) is 4.41. The molecule has 0 unspecified atom stereocenters. The van der Waals surface area contributed by atoms with Crippen LogP contribution < -0.4 is 10.2 Å². The molecule has 0 radical (unpaired) electrons. The van der Waals surface area contributed by atoms with Gasteiger partial charge < -0.3 is 15.0 Å². The number of ketones is 1. The van der Waals surface area contributed by atoms with Crippen molar-refractivity contribution in [3.05, 3.63) is 29.6 Å². The number of ether oxygens (including phenoxy) is 1. The molecule has 5 aliphatic rings. The number of piperidine rings is 2. The molecule has 0 amide bonds. The minimum atomic E-state index is -0.494. The highest BCUT2D eigenvalue weighted by molar-refractivity contribution is 5.89. The van der Waals surface area contributed by atoms with Gasteiger partial charge in [-0.2, -0.15) is 5.26 Å². The number of Topliss-reactive ketones (excluding diaryl/α,β-unsaturated/α-hetero) is 1. The second-order valence-electron chi connectivity index (χ2n) is 10.1. The average Bonchev–Trinajstić information content (AvgIpc) is 2.80. The van der Waals surface area contributed by atoms with Gasteiger partial charge in [-0.1, -0.05) is 6.07 Å². The fourth-order valence-electron chi connectivity index (χ4n) is 5.79. The van der Waals surface area contributed by atoms with Crippen LogP contribution in [0.3, 0.4) is 0 Å². The largest absolute Gasteiger partial charge is 0.378 e. The molecule has 7 heteroatoms. The molecule has 0 spiro atoms. The Morgan fingerprint density at radius 1 is 1.25 bits per heavy atom. The number of nitrogens with zero attached hydrogens (tertiary/aromatic N) is 3. The molecular weight excluding hydrogens is 407 g/mol. The van der Waals surface area contributed by atoms with Crippen molar-refractivity contribution < 1.29 is 13.9 Å². The third-order valence-electron chi connectivity index (χ3n) is 8.16. The Morgan fingerprint density at radius 2 is 2.00 bits per heavy atom. The summed E-state index contributed by atoms with van der Waals surface area (Å²) in [5.41, 5.74) is 0.971. The van der Waals surface area contributed by atoms with E-state index in [2.05, 4.69) is 21.2 Å². The lowest BCUT2D eigenvalue weighted by Gasteiger charge is -2.46. The molecule has 4 aliphatic heterocycles. The van der Waals surface area contributed by atoms with Crippen LogP contribution in [0.25, 0.3) is 0 Å². The molecule has 1 aromatic rings. The number of carbonyl (C=O) groups is 1. The van der Waals surface area contributed by atoms with E-state index in [1.165, 1.54) is 0 Å². The first kappa shape index (κ1) is 21.8. The number of hydrogen-bond donors (Lipinski definition) is 1. The van der Waals surface area contributed by atoms with Gasteiger partial charge in [-0.3, -0.25) is 9.69 Å². The van der Waals surface area contributed by atoms with E-state index in [4.69, 9.17) is 4.74 Å². The number of rotatable bonds is 7. The summed E-state index contributed by atoms with van der Waals surface area (Å²) < 4.78 is 20.2. The van der Waals surface area contributed by atoms with E-state index in [9.17, 15) is 14.4 Å². The molecule has 1 atom stereocenters. The molecule has 172 valence electrons. The molecule has 2 bridgehead atoms. The summed E-state index contributed by atoms with van der Waals surface area (Å²) in [7, 11) is 0. The summed E-state index contributed by atoms with van der Waals surface area (Å²) >= 11 is 0. The lowest BCUT2D eigenvalue weighted by Crippen LogP contribution is -2.60. The maximum absolute atomic E-state index is 15.0. The van der Waals surface area contributed by atoms with Gasteiger partial charge in [0.1, 0.15) is 5.82 Å². The molecular formula is C25H33FN4O2. The summed E-state index contributed by atoms with van der Waals surface area (Å²) in [5.74, 6) is 0.0552. The Hall–Kier alpha value is -2.01. The molecule has 1 saturated carbocycles. The molecule has 1 aliphatic carbocycles. The van der Waals surface area contributed by atoms with Crippen molar-refractivity contribution in [2.24, 2.45) is 11.8 Å². The molecule has 6 nitrogen and oxygen atoms in total. The molecule has 4 saturated heterocycles. The van der Waals surface area contributed by atoms with E-state index in [-0.39, 0.29) is 24.4 Å². The maximum atomic E-state index is 15.0. The third kappa shape index (κ3) is 4.28. The lowest BCUT2D eigenvalue weighted by atomic mass is 9.68. The Balaban J connectivity index is 1.18. The molecule has 4 heterocycles. The van der Waals surface area contributed by atoms with Crippen LogP contribution >= 0.6 is 0 Å². The van der Waals surface area contributed by atoms with Crippen LogP contribution in [0.1, 0.15) is 37.7 Å². The van der Waals surface area contributed by atoms with E-state index in [1.54, 1.807) is 12.1 Å². The smallest absolute Gasteiger partial charge is 0.154 e. The second kappa shape index (κ2) is 9.09. The third-order valence-corrected chi connectivity index (χ3v) is 8.16. The van der Waals surface area contributed by atoms with Crippen LogP contribution in [-0.4, -0.2) is 68.2 Å². The van der Waals surface area contributed by atoms with Gasteiger partial charge in [-0.15, -0.1) is 0 Å². The standard InChI is InChI=1S/C25H33FN4O2/c26-23-13-21(29-7-9-30(10-8-29)22-16-32-17-22)2-1-20(23)11-19(14-27)12-24(31)25-5-3-18(4-6-25)15-28-25/h1-2,13,18-19,22,28H,3-12,15-17H2/t18?,19-,25?/m1/s1. The van der Waals surface area contributed by atoms with Gasteiger partial charge in [0.2, 0.25) is 0 Å². The van der Waals surface area contributed by atoms with E-state index >= 15 is 0 Å². The van der Waals surface area contributed by atoms with Crippen molar-refractivity contribution >= 4 is 11.5 Å². The molecule has 5 fully saturated rings. The molecule has 6 rings (SSSR count). The predicted molar refractivity (Wildman–Crippen MR) is 120 cm³/mol. The second-order valence-corrected chi connectivity index (χ2v) is 10.1. The van der Waals surface area contributed by atoms with Crippen LogP contribution in [0, 0.1) is 29.0 Å². The number of benzene rings is 1. The van der Waals surface area contributed by atoms with Crippen molar-refractivity contribution in [2.45, 2.75) is 50.1 Å². The zero-order valence-electron chi connectivity index (χ0n) is 18.7. The first-order valence-electron chi connectivity index (χ1n) is 12.1. The number of nitrogens with one attached hydrogen (secondary N) is 1. The minimum absolute atomic E-state index is 0.133. The van der Waals surface area contributed by atoms with Gasteiger partial charge in [0.15, 0.2) is 5.78 Å². The van der Waals surface area contributed by atoms with Gasteiger partial charge in [0, 0.05) is 38.3 Å². The SMILES string of the molecule is N#C[C@@H](CC(=O)C12CCC(CC1)CN2)Cc1ccc(N2CCN(C3COC3)CC2)cc1F.